The molecule has 3 rings (SSSR count). The highest BCUT2D eigenvalue weighted by atomic mass is 35.5. The Morgan fingerprint density at radius 2 is 1.92 bits per heavy atom. The predicted molar refractivity (Wildman–Crippen MR) is 103 cm³/mol. The van der Waals surface area contributed by atoms with Gasteiger partial charge in [0.15, 0.2) is 0 Å². The fourth-order valence-corrected chi connectivity index (χ4v) is 3.17. The van der Waals surface area contributed by atoms with E-state index in [-0.39, 0.29) is 36.6 Å². The quantitative estimate of drug-likeness (QED) is 0.860. The van der Waals surface area contributed by atoms with Crippen LogP contribution in [0.25, 0.3) is 11.3 Å². The number of anilines is 1. The van der Waals surface area contributed by atoms with Crippen LogP contribution >= 0.6 is 24.8 Å². The topological polar surface area (TPSA) is 68.0 Å². The summed E-state index contributed by atoms with van der Waals surface area (Å²) in [4.78, 5) is 16.8. The van der Waals surface area contributed by atoms with E-state index in [1.165, 1.54) is 0 Å². The number of halogens is 2. The van der Waals surface area contributed by atoms with Gasteiger partial charge in [-0.3, -0.25) is 9.78 Å². The number of carbonyl (C=O) groups is 1. The van der Waals surface area contributed by atoms with E-state index in [1.54, 1.807) is 6.20 Å². The zero-order chi connectivity index (χ0) is 15.4. The number of benzene rings is 1. The SMILES string of the molecule is Cl.Cl.NC[C@H]1CCC[C@H]1C(=O)Nc1ccnc(-c2ccccc2)c1. The van der Waals surface area contributed by atoms with Gasteiger partial charge in [0.25, 0.3) is 0 Å². The summed E-state index contributed by atoms with van der Waals surface area (Å²) >= 11 is 0. The van der Waals surface area contributed by atoms with Gasteiger partial charge in [-0.1, -0.05) is 36.8 Å². The van der Waals surface area contributed by atoms with Gasteiger partial charge in [-0.15, -0.1) is 24.8 Å². The number of hydrogen-bond donors (Lipinski definition) is 2. The van der Waals surface area contributed by atoms with E-state index in [0.29, 0.717) is 12.5 Å². The molecule has 0 saturated heterocycles. The van der Waals surface area contributed by atoms with Gasteiger partial charge in [0, 0.05) is 23.4 Å². The first-order chi connectivity index (χ1) is 10.8. The molecule has 1 heterocycles. The molecule has 1 aliphatic rings. The zero-order valence-electron chi connectivity index (χ0n) is 13.4. The average Bonchev–Trinajstić information content (AvgIpc) is 3.05. The van der Waals surface area contributed by atoms with E-state index >= 15 is 0 Å². The normalized spacial score (nSPS) is 19.0. The maximum atomic E-state index is 12.4. The van der Waals surface area contributed by atoms with Crippen LogP contribution in [0.5, 0.6) is 0 Å². The van der Waals surface area contributed by atoms with Crippen molar-refractivity contribution in [3.05, 3.63) is 48.7 Å². The fraction of sp³-hybridized carbons (Fsp3) is 0.333. The zero-order valence-corrected chi connectivity index (χ0v) is 15.0. The van der Waals surface area contributed by atoms with E-state index in [2.05, 4.69) is 10.3 Å². The van der Waals surface area contributed by atoms with Crippen molar-refractivity contribution in [2.45, 2.75) is 19.3 Å². The Balaban J connectivity index is 0.00000144. The van der Waals surface area contributed by atoms with E-state index in [9.17, 15) is 4.79 Å². The first kappa shape index (κ1) is 20.4. The first-order valence-corrected chi connectivity index (χ1v) is 7.80. The van der Waals surface area contributed by atoms with Crippen LogP contribution in [0.1, 0.15) is 19.3 Å². The molecular formula is C18H23Cl2N3O. The predicted octanol–water partition coefficient (Wildman–Crippen LogP) is 3.91. The Kier molecular flexibility index (Phi) is 8.19. The van der Waals surface area contributed by atoms with Crippen LogP contribution in [0.2, 0.25) is 0 Å². The molecule has 1 saturated carbocycles. The Morgan fingerprint density at radius 3 is 2.62 bits per heavy atom. The third-order valence-corrected chi connectivity index (χ3v) is 4.40. The van der Waals surface area contributed by atoms with Gasteiger partial charge >= 0.3 is 0 Å². The lowest BCUT2D eigenvalue weighted by atomic mass is 9.95. The van der Waals surface area contributed by atoms with Gasteiger partial charge in [-0.2, -0.15) is 0 Å². The highest BCUT2D eigenvalue weighted by Crippen LogP contribution is 2.32. The minimum Gasteiger partial charge on any atom is -0.330 e. The first-order valence-electron chi connectivity index (χ1n) is 7.80. The molecule has 2 atom stereocenters. The number of nitrogens with one attached hydrogen (secondary N) is 1. The summed E-state index contributed by atoms with van der Waals surface area (Å²) in [7, 11) is 0. The Bertz CT molecular complexity index is 652. The number of nitrogens with zero attached hydrogens (tertiary/aromatic N) is 1. The molecule has 24 heavy (non-hydrogen) atoms. The highest BCUT2D eigenvalue weighted by Gasteiger charge is 2.31. The Morgan fingerprint density at radius 1 is 1.17 bits per heavy atom. The minimum absolute atomic E-state index is 0. The molecule has 0 bridgehead atoms. The number of hydrogen-bond acceptors (Lipinski definition) is 3. The summed E-state index contributed by atoms with van der Waals surface area (Å²) in [6.07, 6.45) is 4.81. The molecule has 0 spiro atoms. The van der Waals surface area contributed by atoms with Gasteiger partial charge in [0.05, 0.1) is 5.69 Å². The van der Waals surface area contributed by atoms with E-state index in [4.69, 9.17) is 5.73 Å². The van der Waals surface area contributed by atoms with E-state index in [1.807, 2.05) is 42.5 Å². The Labute approximate surface area is 155 Å². The molecule has 1 amide bonds. The third-order valence-electron chi connectivity index (χ3n) is 4.40. The molecule has 1 aliphatic carbocycles. The lowest BCUT2D eigenvalue weighted by molar-refractivity contribution is -0.120. The van der Waals surface area contributed by atoms with Crippen molar-refractivity contribution in [2.75, 3.05) is 11.9 Å². The van der Waals surface area contributed by atoms with Crippen molar-refractivity contribution in [1.29, 1.82) is 0 Å². The summed E-state index contributed by atoms with van der Waals surface area (Å²) < 4.78 is 0. The molecule has 1 aromatic heterocycles. The van der Waals surface area contributed by atoms with Crippen LogP contribution in [0, 0.1) is 11.8 Å². The van der Waals surface area contributed by atoms with Crippen molar-refractivity contribution in [3.8, 4) is 11.3 Å². The largest absolute Gasteiger partial charge is 0.330 e. The van der Waals surface area contributed by atoms with Crippen LogP contribution in [0.4, 0.5) is 5.69 Å². The number of nitrogens with two attached hydrogens (primary N) is 1. The smallest absolute Gasteiger partial charge is 0.227 e. The monoisotopic (exact) mass is 367 g/mol. The molecular weight excluding hydrogens is 345 g/mol. The van der Waals surface area contributed by atoms with Gasteiger partial charge < -0.3 is 11.1 Å². The molecule has 3 N–H and O–H groups in total. The molecule has 2 aromatic rings. The third kappa shape index (κ3) is 4.69. The fourth-order valence-electron chi connectivity index (χ4n) is 3.17. The summed E-state index contributed by atoms with van der Waals surface area (Å²) in [5.74, 6) is 0.437. The van der Waals surface area contributed by atoms with E-state index < -0.39 is 0 Å². The van der Waals surface area contributed by atoms with Crippen LogP contribution < -0.4 is 11.1 Å². The summed E-state index contributed by atoms with van der Waals surface area (Å²) in [5, 5.41) is 3.02. The van der Waals surface area contributed by atoms with Gasteiger partial charge in [-0.05, 0) is 37.4 Å². The summed E-state index contributed by atoms with van der Waals surface area (Å²) in [6.45, 7) is 0.587. The van der Waals surface area contributed by atoms with Crippen LogP contribution in [-0.4, -0.2) is 17.4 Å². The van der Waals surface area contributed by atoms with Crippen molar-refractivity contribution in [3.63, 3.8) is 0 Å². The maximum Gasteiger partial charge on any atom is 0.227 e. The van der Waals surface area contributed by atoms with E-state index in [0.717, 1.165) is 36.2 Å². The van der Waals surface area contributed by atoms with Crippen molar-refractivity contribution < 1.29 is 4.79 Å². The average molecular weight is 368 g/mol. The molecule has 4 nitrogen and oxygen atoms in total. The van der Waals surface area contributed by atoms with Crippen LogP contribution in [0.3, 0.4) is 0 Å². The maximum absolute atomic E-state index is 12.4. The number of rotatable bonds is 4. The molecule has 1 aromatic carbocycles. The molecule has 0 unspecified atom stereocenters. The molecule has 0 radical (unpaired) electrons. The number of aromatic nitrogens is 1. The van der Waals surface area contributed by atoms with Gasteiger partial charge in [0.1, 0.15) is 0 Å². The number of carbonyl (C=O) groups excluding carboxylic acids is 1. The summed E-state index contributed by atoms with van der Waals surface area (Å²) in [5.41, 5.74) is 8.46. The second kappa shape index (κ2) is 9.62. The van der Waals surface area contributed by atoms with Gasteiger partial charge in [0.2, 0.25) is 5.91 Å². The minimum atomic E-state index is 0. The molecule has 130 valence electrons. The number of pyridine rings is 1. The van der Waals surface area contributed by atoms with Crippen molar-refractivity contribution in [1.82, 2.24) is 4.98 Å². The van der Waals surface area contributed by atoms with Crippen molar-refractivity contribution >= 4 is 36.4 Å². The second-order valence-electron chi connectivity index (χ2n) is 5.82. The van der Waals surface area contributed by atoms with Crippen LogP contribution in [-0.2, 0) is 4.79 Å². The Hall–Kier alpha value is -1.62. The highest BCUT2D eigenvalue weighted by molar-refractivity contribution is 5.93. The summed E-state index contributed by atoms with van der Waals surface area (Å²) in [6, 6.07) is 13.7. The second-order valence-corrected chi connectivity index (χ2v) is 5.82. The molecule has 6 heteroatoms. The lowest BCUT2D eigenvalue weighted by Crippen LogP contribution is -2.29. The van der Waals surface area contributed by atoms with Crippen molar-refractivity contribution in [2.24, 2.45) is 17.6 Å². The lowest BCUT2D eigenvalue weighted by Gasteiger charge is -2.17. The molecule has 1 fully saturated rings. The van der Waals surface area contributed by atoms with Gasteiger partial charge in [-0.25, -0.2) is 0 Å². The number of amides is 1. The molecule has 0 aliphatic heterocycles. The van der Waals surface area contributed by atoms with Crippen LogP contribution in [0.15, 0.2) is 48.7 Å². The standard InChI is InChI=1S/C18H21N3O.2ClH/c19-12-14-7-4-8-16(14)18(22)21-15-9-10-20-17(11-15)13-5-2-1-3-6-13;;/h1-3,5-6,9-11,14,16H,4,7-8,12,19H2,(H,20,21,22);2*1H/t14-,16-;;/m1../s1.